The van der Waals surface area contributed by atoms with Crippen LogP contribution in [0.25, 0.3) is 16.7 Å². The Hall–Kier alpha value is -3.61. The number of nitrogens with zero attached hydrogens (tertiary/aromatic N) is 3. The lowest BCUT2D eigenvalue weighted by Gasteiger charge is -2.08. The molecule has 4 rings (SSSR count). The van der Waals surface area contributed by atoms with Gasteiger partial charge in [-0.15, -0.1) is 0 Å². The van der Waals surface area contributed by atoms with Gasteiger partial charge in [0.1, 0.15) is 11.1 Å². The number of nitrogens with one attached hydrogen (secondary N) is 2. The number of aromatic amines is 1. The number of fused-ring (bicyclic) bond motifs is 1. The first-order chi connectivity index (χ1) is 13.2. The van der Waals surface area contributed by atoms with Crippen LogP contribution in [-0.2, 0) is 6.54 Å². The van der Waals surface area contributed by atoms with Gasteiger partial charge in [0.15, 0.2) is 5.65 Å². The summed E-state index contributed by atoms with van der Waals surface area (Å²) in [5.74, 6) is 1.21. The SMILES string of the molecule is CCOc1cccc(CNc2nc3c(cnn3-c3ccccc3)c(=O)[nH]2)c1. The molecule has 0 saturated carbocycles. The smallest absolute Gasteiger partial charge is 0.263 e. The molecule has 0 amide bonds. The average molecular weight is 361 g/mol. The summed E-state index contributed by atoms with van der Waals surface area (Å²) in [4.78, 5) is 19.7. The van der Waals surface area contributed by atoms with E-state index in [1.807, 2.05) is 61.5 Å². The van der Waals surface area contributed by atoms with Crippen LogP contribution in [-0.4, -0.2) is 26.4 Å². The summed E-state index contributed by atoms with van der Waals surface area (Å²) in [6.07, 6.45) is 1.53. The molecular weight excluding hydrogens is 342 g/mol. The molecule has 0 aliphatic carbocycles. The minimum Gasteiger partial charge on any atom is -0.494 e. The predicted molar refractivity (Wildman–Crippen MR) is 104 cm³/mol. The van der Waals surface area contributed by atoms with Crippen molar-refractivity contribution in [3.63, 3.8) is 0 Å². The zero-order chi connectivity index (χ0) is 18.6. The average Bonchev–Trinajstić information content (AvgIpc) is 3.12. The van der Waals surface area contributed by atoms with E-state index in [1.54, 1.807) is 4.68 Å². The lowest BCUT2D eigenvalue weighted by atomic mass is 10.2. The molecule has 27 heavy (non-hydrogen) atoms. The summed E-state index contributed by atoms with van der Waals surface area (Å²) in [5.41, 5.74) is 2.16. The summed E-state index contributed by atoms with van der Waals surface area (Å²) in [6, 6.07) is 17.4. The van der Waals surface area contributed by atoms with Crippen LogP contribution in [0.3, 0.4) is 0 Å². The third-order valence-corrected chi connectivity index (χ3v) is 4.11. The van der Waals surface area contributed by atoms with Crippen molar-refractivity contribution in [2.75, 3.05) is 11.9 Å². The number of aromatic nitrogens is 4. The van der Waals surface area contributed by atoms with Gasteiger partial charge in [0.05, 0.1) is 18.5 Å². The normalized spacial score (nSPS) is 10.9. The van der Waals surface area contributed by atoms with Crippen molar-refractivity contribution in [3.8, 4) is 11.4 Å². The Morgan fingerprint density at radius 1 is 1.15 bits per heavy atom. The minimum absolute atomic E-state index is 0.229. The molecule has 0 aliphatic heterocycles. The summed E-state index contributed by atoms with van der Waals surface area (Å²) in [7, 11) is 0. The molecule has 0 spiro atoms. The highest BCUT2D eigenvalue weighted by atomic mass is 16.5. The van der Waals surface area contributed by atoms with Crippen LogP contribution in [0.5, 0.6) is 5.75 Å². The highest BCUT2D eigenvalue weighted by Crippen LogP contribution is 2.16. The van der Waals surface area contributed by atoms with Gasteiger partial charge in [-0.25, -0.2) is 4.68 Å². The molecular formula is C20H19N5O2. The first-order valence-corrected chi connectivity index (χ1v) is 8.73. The van der Waals surface area contributed by atoms with E-state index < -0.39 is 0 Å². The van der Waals surface area contributed by atoms with Gasteiger partial charge in [-0.2, -0.15) is 10.1 Å². The van der Waals surface area contributed by atoms with Crippen molar-refractivity contribution >= 4 is 17.0 Å². The molecule has 2 aromatic carbocycles. The Morgan fingerprint density at radius 2 is 2.00 bits per heavy atom. The van der Waals surface area contributed by atoms with Crippen LogP contribution in [0, 0.1) is 0 Å². The highest BCUT2D eigenvalue weighted by Gasteiger charge is 2.11. The number of anilines is 1. The van der Waals surface area contributed by atoms with Crippen LogP contribution < -0.4 is 15.6 Å². The molecule has 7 heteroatoms. The fourth-order valence-electron chi connectivity index (χ4n) is 2.86. The Kier molecular flexibility index (Phi) is 4.57. The van der Waals surface area contributed by atoms with Crippen molar-refractivity contribution in [2.24, 2.45) is 0 Å². The highest BCUT2D eigenvalue weighted by molar-refractivity contribution is 5.76. The topological polar surface area (TPSA) is 84.8 Å². The Bertz CT molecular complexity index is 1120. The number of para-hydroxylation sites is 1. The largest absolute Gasteiger partial charge is 0.494 e. The standard InChI is InChI=1S/C20H19N5O2/c1-2-27-16-10-6-7-14(11-16)12-21-20-23-18-17(19(26)24-20)13-22-25(18)15-8-4-3-5-9-15/h3-11,13H,2,12H2,1H3,(H2,21,23,24,26). The van der Waals surface area contributed by atoms with Crippen molar-refractivity contribution in [1.29, 1.82) is 0 Å². The lowest BCUT2D eigenvalue weighted by Crippen LogP contribution is -2.13. The molecule has 2 heterocycles. The molecule has 4 aromatic rings. The summed E-state index contributed by atoms with van der Waals surface area (Å²) < 4.78 is 7.18. The van der Waals surface area contributed by atoms with Gasteiger partial charge in [0, 0.05) is 6.54 Å². The maximum Gasteiger partial charge on any atom is 0.263 e. The Labute approximate surface area is 155 Å². The number of H-pyrrole nitrogens is 1. The van der Waals surface area contributed by atoms with E-state index >= 15 is 0 Å². The fraction of sp³-hybridized carbons (Fsp3) is 0.150. The van der Waals surface area contributed by atoms with Gasteiger partial charge in [-0.05, 0) is 36.8 Å². The monoisotopic (exact) mass is 361 g/mol. The van der Waals surface area contributed by atoms with Crippen LogP contribution >= 0.6 is 0 Å². The quantitative estimate of drug-likeness (QED) is 0.551. The number of ether oxygens (including phenoxy) is 1. The summed E-state index contributed by atoms with van der Waals surface area (Å²) in [5, 5.41) is 7.92. The van der Waals surface area contributed by atoms with Crippen molar-refractivity contribution in [1.82, 2.24) is 19.7 Å². The molecule has 0 fully saturated rings. The molecule has 0 bridgehead atoms. The Balaban J connectivity index is 1.63. The van der Waals surface area contributed by atoms with Crippen molar-refractivity contribution in [2.45, 2.75) is 13.5 Å². The molecule has 0 atom stereocenters. The molecule has 0 aliphatic rings. The number of hydrogen-bond acceptors (Lipinski definition) is 5. The maximum absolute atomic E-state index is 12.4. The second-order valence-corrected chi connectivity index (χ2v) is 5.98. The van der Waals surface area contributed by atoms with Gasteiger partial charge >= 0.3 is 0 Å². The first kappa shape index (κ1) is 16.8. The molecule has 7 nitrogen and oxygen atoms in total. The van der Waals surface area contributed by atoms with E-state index in [-0.39, 0.29) is 5.56 Å². The molecule has 0 radical (unpaired) electrons. The molecule has 0 saturated heterocycles. The second-order valence-electron chi connectivity index (χ2n) is 5.98. The second kappa shape index (κ2) is 7.33. The third-order valence-electron chi connectivity index (χ3n) is 4.11. The molecule has 2 N–H and O–H groups in total. The van der Waals surface area contributed by atoms with Crippen LogP contribution in [0.1, 0.15) is 12.5 Å². The zero-order valence-electron chi connectivity index (χ0n) is 14.8. The maximum atomic E-state index is 12.4. The summed E-state index contributed by atoms with van der Waals surface area (Å²) >= 11 is 0. The fourth-order valence-corrected chi connectivity index (χ4v) is 2.86. The van der Waals surface area contributed by atoms with E-state index in [0.29, 0.717) is 30.1 Å². The third kappa shape index (κ3) is 3.52. The van der Waals surface area contributed by atoms with Crippen molar-refractivity contribution in [3.05, 3.63) is 76.7 Å². The lowest BCUT2D eigenvalue weighted by molar-refractivity contribution is 0.340. The van der Waals surface area contributed by atoms with Crippen molar-refractivity contribution < 1.29 is 4.74 Å². The van der Waals surface area contributed by atoms with Gasteiger partial charge in [0.2, 0.25) is 5.95 Å². The molecule has 0 unspecified atom stereocenters. The number of rotatable bonds is 6. The van der Waals surface area contributed by atoms with E-state index in [1.165, 1.54) is 6.20 Å². The minimum atomic E-state index is -0.229. The predicted octanol–water partition coefficient (Wildman–Crippen LogP) is 3.12. The number of benzene rings is 2. The Morgan fingerprint density at radius 3 is 2.81 bits per heavy atom. The van der Waals surface area contributed by atoms with Crippen LogP contribution in [0.4, 0.5) is 5.95 Å². The van der Waals surface area contributed by atoms with Gasteiger partial charge in [0.25, 0.3) is 5.56 Å². The molecule has 136 valence electrons. The van der Waals surface area contributed by atoms with E-state index in [4.69, 9.17) is 4.74 Å². The van der Waals surface area contributed by atoms with E-state index in [0.717, 1.165) is 17.0 Å². The first-order valence-electron chi connectivity index (χ1n) is 8.73. The van der Waals surface area contributed by atoms with Crippen LogP contribution in [0.15, 0.2) is 65.6 Å². The van der Waals surface area contributed by atoms with E-state index in [2.05, 4.69) is 20.4 Å². The van der Waals surface area contributed by atoms with E-state index in [9.17, 15) is 4.79 Å². The van der Waals surface area contributed by atoms with Gasteiger partial charge < -0.3 is 10.1 Å². The van der Waals surface area contributed by atoms with Gasteiger partial charge in [-0.3, -0.25) is 9.78 Å². The van der Waals surface area contributed by atoms with Crippen LogP contribution in [0.2, 0.25) is 0 Å². The summed E-state index contributed by atoms with van der Waals surface area (Å²) in [6.45, 7) is 3.07. The molecule has 2 aromatic heterocycles. The zero-order valence-corrected chi connectivity index (χ0v) is 14.8. The van der Waals surface area contributed by atoms with Gasteiger partial charge in [-0.1, -0.05) is 30.3 Å². The number of hydrogen-bond donors (Lipinski definition) is 2.